The predicted octanol–water partition coefficient (Wildman–Crippen LogP) is 1.06. The third kappa shape index (κ3) is 2.98. The minimum absolute atomic E-state index is 0.163. The summed E-state index contributed by atoms with van der Waals surface area (Å²) in [6.45, 7) is 2.21. The van der Waals surface area contributed by atoms with Crippen LogP contribution in [0.3, 0.4) is 0 Å². The molecule has 0 aliphatic carbocycles. The van der Waals surface area contributed by atoms with Crippen molar-refractivity contribution in [2.75, 3.05) is 20.3 Å². The average Bonchev–Trinajstić information content (AvgIpc) is 2.41. The van der Waals surface area contributed by atoms with E-state index in [2.05, 4.69) is 4.74 Å². The molecule has 0 bridgehead atoms. The Kier molecular flexibility index (Phi) is 4.15. The van der Waals surface area contributed by atoms with Gasteiger partial charge in [-0.3, -0.25) is 4.79 Å². The number of pyridine rings is 1. The van der Waals surface area contributed by atoms with E-state index >= 15 is 0 Å². The highest BCUT2D eigenvalue weighted by Gasteiger charge is 2.15. The van der Waals surface area contributed by atoms with Crippen molar-refractivity contribution < 1.29 is 14.3 Å². The first-order valence-electron chi connectivity index (χ1n) is 6.07. The molecule has 2 heterocycles. The smallest absolute Gasteiger partial charge is 0.338 e. The number of hydrogen-bond donors (Lipinski definition) is 0. The summed E-state index contributed by atoms with van der Waals surface area (Å²) >= 11 is 0. The molecular formula is C13H17NO4. The van der Waals surface area contributed by atoms with Gasteiger partial charge in [-0.05, 0) is 24.8 Å². The highest BCUT2D eigenvalue weighted by Crippen LogP contribution is 2.16. The van der Waals surface area contributed by atoms with Crippen LogP contribution in [0.4, 0.5) is 0 Å². The second kappa shape index (κ2) is 5.82. The van der Waals surface area contributed by atoms with E-state index in [1.165, 1.54) is 13.2 Å². The van der Waals surface area contributed by atoms with Crippen LogP contribution in [0.15, 0.2) is 23.1 Å². The quantitative estimate of drug-likeness (QED) is 0.754. The SMILES string of the molecule is COC(=O)c1ccn(CC2CCOCC2)c(=O)c1. The zero-order chi connectivity index (χ0) is 13.0. The van der Waals surface area contributed by atoms with Crippen molar-refractivity contribution in [3.63, 3.8) is 0 Å². The molecule has 1 aromatic heterocycles. The number of nitrogens with zero attached hydrogens (tertiary/aromatic N) is 1. The van der Waals surface area contributed by atoms with Crippen LogP contribution in [0.1, 0.15) is 23.2 Å². The van der Waals surface area contributed by atoms with Gasteiger partial charge in [0.25, 0.3) is 5.56 Å². The molecule has 1 aliphatic rings. The summed E-state index contributed by atoms with van der Waals surface area (Å²) in [5, 5.41) is 0. The first-order chi connectivity index (χ1) is 8.70. The Balaban J connectivity index is 2.09. The van der Waals surface area contributed by atoms with E-state index in [-0.39, 0.29) is 5.56 Å². The van der Waals surface area contributed by atoms with E-state index in [0.717, 1.165) is 26.1 Å². The molecule has 98 valence electrons. The maximum absolute atomic E-state index is 11.9. The van der Waals surface area contributed by atoms with Crippen LogP contribution in [-0.4, -0.2) is 30.9 Å². The molecular weight excluding hydrogens is 234 g/mol. The molecule has 0 N–H and O–H groups in total. The number of hydrogen-bond acceptors (Lipinski definition) is 4. The van der Waals surface area contributed by atoms with Crippen LogP contribution >= 0.6 is 0 Å². The normalized spacial score (nSPS) is 16.5. The van der Waals surface area contributed by atoms with Crippen molar-refractivity contribution in [2.24, 2.45) is 5.92 Å². The van der Waals surface area contributed by atoms with Gasteiger partial charge in [-0.2, -0.15) is 0 Å². The van der Waals surface area contributed by atoms with Gasteiger partial charge in [0.1, 0.15) is 0 Å². The number of carbonyl (C=O) groups is 1. The fourth-order valence-corrected chi connectivity index (χ4v) is 2.11. The van der Waals surface area contributed by atoms with Gasteiger partial charge in [0, 0.05) is 32.0 Å². The second-order valence-corrected chi connectivity index (χ2v) is 4.45. The Hall–Kier alpha value is -1.62. The molecule has 5 nitrogen and oxygen atoms in total. The molecule has 1 saturated heterocycles. The van der Waals surface area contributed by atoms with Gasteiger partial charge in [0.05, 0.1) is 12.7 Å². The molecule has 0 aromatic carbocycles. The summed E-state index contributed by atoms with van der Waals surface area (Å²) in [5.41, 5.74) is 0.134. The van der Waals surface area contributed by atoms with Gasteiger partial charge in [-0.1, -0.05) is 0 Å². The third-order valence-corrected chi connectivity index (χ3v) is 3.21. The number of ether oxygens (including phenoxy) is 2. The lowest BCUT2D eigenvalue weighted by Gasteiger charge is -2.22. The zero-order valence-electron chi connectivity index (χ0n) is 10.4. The summed E-state index contributed by atoms with van der Waals surface area (Å²) in [7, 11) is 1.30. The maximum atomic E-state index is 11.9. The monoisotopic (exact) mass is 251 g/mol. The van der Waals surface area contributed by atoms with Gasteiger partial charge in [0.2, 0.25) is 0 Å². The molecule has 1 aromatic rings. The van der Waals surface area contributed by atoms with Gasteiger partial charge in [0.15, 0.2) is 0 Å². The van der Waals surface area contributed by atoms with Crippen molar-refractivity contribution in [1.82, 2.24) is 4.57 Å². The lowest BCUT2D eigenvalue weighted by atomic mass is 10.0. The van der Waals surface area contributed by atoms with E-state index in [0.29, 0.717) is 18.0 Å². The van der Waals surface area contributed by atoms with E-state index < -0.39 is 5.97 Å². The van der Waals surface area contributed by atoms with Crippen molar-refractivity contribution in [3.8, 4) is 0 Å². The minimum Gasteiger partial charge on any atom is -0.465 e. The Labute approximate surface area is 105 Å². The third-order valence-electron chi connectivity index (χ3n) is 3.21. The van der Waals surface area contributed by atoms with Crippen molar-refractivity contribution in [1.29, 1.82) is 0 Å². The van der Waals surface area contributed by atoms with Crippen molar-refractivity contribution in [3.05, 3.63) is 34.2 Å². The summed E-state index contributed by atoms with van der Waals surface area (Å²) in [6.07, 6.45) is 3.61. The maximum Gasteiger partial charge on any atom is 0.338 e. The van der Waals surface area contributed by atoms with Gasteiger partial charge in [-0.25, -0.2) is 4.79 Å². The zero-order valence-corrected chi connectivity index (χ0v) is 10.4. The van der Waals surface area contributed by atoms with Crippen LogP contribution in [0.2, 0.25) is 0 Å². The second-order valence-electron chi connectivity index (χ2n) is 4.45. The molecule has 0 unspecified atom stereocenters. The van der Waals surface area contributed by atoms with Crippen molar-refractivity contribution >= 4 is 5.97 Å². The molecule has 0 saturated carbocycles. The number of aromatic nitrogens is 1. The molecule has 0 spiro atoms. The Morgan fingerprint density at radius 2 is 2.22 bits per heavy atom. The number of methoxy groups -OCH3 is 1. The molecule has 18 heavy (non-hydrogen) atoms. The highest BCUT2D eigenvalue weighted by molar-refractivity contribution is 5.88. The van der Waals surface area contributed by atoms with Gasteiger partial charge >= 0.3 is 5.97 Å². The van der Waals surface area contributed by atoms with Gasteiger partial charge in [-0.15, -0.1) is 0 Å². The fraction of sp³-hybridized carbons (Fsp3) is 0.538. The average molecular weight is 251 g/mol. The first-order valence-corrected chi connectivity index (χ1v) is 6.07. The minimum atomic E-state index is -0.481. The number of rotatable bonds is 3. The molecule has 1 fully saturated rings. The Morgan fingerprint density at radius 1 is 1.50 bits per heavy atom. The fourth-order valence-electron chi connectivity index (χ4n) is 2.11. The summed E-state index contributed by atoms with van der Waals surface area (Å²) in [5.74, 6) is -0.00857. The topological polar surface area (TPSA) is 57.5 Å². The van der Waals surface area contributed by atoms with Crippen LogP contribution < -0.4 is 5.56 Å². The van der Waals surface area contributed by atoms with Crippen LogP contribution in [0.25, 0.3) is 0 Å². The van der Waals surface area contributed by atoms with Crippen molar-refractivity contribution in [2.45, 2.75) is 19.4 Å². The van der Waals surface area contributed by atoms with Crippen LogP contribution in [0.5, 0.6) is 0 Å². The molecule has 0 radical (unpaired) electrons. The molecule has 1 aliphatic heterocycles. The van der Waals surface area contributed by atoms with Crippen LogP contribution in [0, 0.1) is 5.92 Å². The first kappa shape index (κ1) is 12.8. The standard InChI is InChI=1S/C13H17NO4/c1-17-13(16)11-2-5-14(12(15)8-11)9-10-3-6-18-7-4-10/h2,5,8,10H,3-4,6-7,9H2,1H3. The van der Waals surface area contributed by atoms with E-state index in [9.17, 15) is 9.59 Å². The largest absolute Gasteiger partial charge is 0.465 e. The Bertz CT molecular complexity index is 474. The lowest BCUT2D eigenvalue weighted by molar-refractivity contribution is 0.0598. The van der Waals surface area contributed by atoms with E-state index in [1.807, 2.05) is 0 Å². The predicted molar refractivity (Wildman–Crippen MR) is 65.6 cm³/mol. The summed E-state index contributed by atoms with van der Waals surface area (Å²) < 4.78 is 11.5. The van der Waals surface area contributed by atoms with Crippen LogP contribution in [-0.2, 0) is 16.0 Å². The molecule has 5 heteroatoms. The Morgan fingerprint density at radius 3 is 2.83 bits per heavy atom. The molecule has 0 amide bonds. The number of esters is 1. The van der Waals surface area contributed by atoms with E-state index in [4.69, 9.17) is 4.74 Å². The van der Waals surface area contributed by atoms with E-state index in [1.54, 1.807) is 16.8 Å². The lowest BCUT2D eigenvalue weighted by Crippen LogP contribution is -2.27. The summed E-state index contributed by atoms with van der Waals surface area (Å²) in [4.78, 5) is 23.1. The summed E-state index contributed by atoms with van der Waals surface area (Å²) in [6, 6.07) is 2.94. The molecule has 0 atom stereocenters. The van der Waals surface area contributed by atoms with Gasteiger partial charge < -0.3 is 14.0 Å². The number of carbonyl (C=O) groups excluding carboxylic acids is 1. The molecule has 2 rings (SSSR count). The highest BCUT2D eigenvalue weighted by atomic mass is 16.5.